The lowest BCUT2D eigenvalue weighted by Gasteiger charge is -2.34. The minimum Gasteiger partial charge on any atom is -0.382 e. The first kappa shape index (κ1) is 11.9. The van der Waals surface area contributed by atoms with Crippen LogP contribution in [0.2, 0.25) is 0 Å². The van der Waals surface area contributed by atoms with Crippen LogP contribution in [-0.4, -0.2) is 19.9 Å². The largest absolute Gasteiger partial charge is 0.382 e. The van der Waals surface area contributed by atoms with Gasteiger partial charge in [-0.25, -0.2) is 9.67 Å². The highest BCUT2D eigenvalue weighted by atomic mass is 32.1. The van der Waals surface area contributed by atoms with E-state index in [2.05, 4.69) is 10.1 Å². The number of aromatic nitrogens is 3. The van der Waals surface area contributed by atoms with Crippen molar-refractivity contribution in [2.45, 2.75) is 43.7 Å². The fourth-order valence-corrected chi connectivity index (χ4v) is 3.76. The Morgan fingerprint density at radius 1 is 1.39 bits per heavy atom. The molecule has 2 heterocycles. The molecule has 5 heteroatoms. The maximum absolute atomic E-state index is 11.2. The molecule has 3 rings (SSSR count). The van der Waals surface area contributed by atoms with Crippen LogP contribution in [0.25, 0.3) is 0 Å². The van der Waals surface area contributed by atoms with Gasteiger partial charge in [0.25, 0.3) is 0 Å². The van der Waals surface area contributed by atoms with Crippen molar-refractivity contribution >= 4 is 11.3 Å². The zero-order chi connectivity index (χ0) is 12.4. The molecule has 0 aliphatic heterocycles. The Morgan fingerprint density at radius 3 is 3.06 bits per heavy atom. The summed E-state index contributed by atoms with van der Waals surface area (Å²) < 4.78 is 1.82. The highest BCUT2D eigenvalue weighted by Crippen LogP contribution is 2.44. The molecule has 0 amide bonds. The van der Waals surface area contributed by atoms with E-state index in [1.165, 1.54) is 6.42 Å². The van der Waals surface area contributed by atoms with Gasteiger partial charge in [0.1, 0.15) is 18.3 Å². The molecule has 2 aromatic heterocycles. The maximum Gasteiger partial charge on any atom is 0.137 e. The lowest BCUT2D eigenvalue weighted by Crippen LogP contribution is -2.35. The first-order chi connectivity index (χ1) is 8.81. The van der Waals surface area contributed by atoms with Crippen molar-refractivity contribution in [3.05, 3.63) is 35.0 Å². The molecule has 0 radical (unpaired) electrons. The van der Waals surface area contributed by atoms with Crippen LogP contribution in [0.5, 0.6) is 0 Å². The van der Waals surface area contributed by atoms with E-state index in [0.29, 0.717) is 0 Å². The molecule has 1 saturated carbocycles. The molecule has 1 aliphatic rings. The molecular weight excluding hydrogens is 246 g/mol. The van der Waals surface area contributed by atoms with Crippen LogP contribution in [0, 0.1) is 0 Å². The van der Waals surface area contributed by atoms with Crippen LogP contribution in [0.4, 0.5) is 0 Å². The van der Waals surface area contributed by atoms with E-state index in [-0.39, 0.29) is 6.04 Å². The maximum atomic E-state index is 11.2. The molecule has 0 spiro atoms. The third-order valence-corrected chi connectivity index (χ3v) is 4.83. The van der Waals surface area contributed by atoms with E-state index in [0.717, 1.165) is 30.6 Å². The number of hydrogen-bond acceptors (Lipinski definition) is 4. The third kappa shape index (κ3) is 1.97. The summed E-state index contributed by atoms with van der Waals surface area (Å²) in [6, 6.07) is 4.03. The predicted octanol–water partition coefficient (Wildman–Crippen LogP) is 2.73. The van der Waals surface area contributed by atoms with Crippen molar-refractivity contribution in [3.63, 3.8) is 0 Å². The molecule has 2 aromatic rings. The van der Waals surface area contributed by atoms with Crippen molar-refractivity contribution in [2.75, 3.05) is 0 Å². The van der Waals surface area contributed by atoms with E-state index in [4.69, 9.17) is 0 Å². The smallest absolute Gasteiger partial charge is 0.137 e. The summed E-state index contributed by atoms with van der Waals surface area (Å²) >= 11 is 1.63. The fourth-order valence-electron chi connectivity index (χ4n) is 2.86. The van der Waals surface area contributed by atoms with E-state index in [1.807, 2.05) is 22.2 Å². The van der Waals surface area contributed by atoms with Gasteiger partial charge in [0, 0.05) is 4.88 Å². The average molecular weight is 263 g/mol. The highest BCUT2D eigenvalue weighted by Gasteiger charge is 2.41. The highest BCUT2D eigenvalue weighted by molar-refractivity contribution is 7.10. The van der Waals surface area contributed by atoms with Gasteiger partial charge in [0.2, 0.25) is 0 Å². The van der Waals surface area contributed by atoms with Crippen molar-refractivity contribution in [2.24, 2.45) is 0 Å². The van der Waals surface area contributed by atoms with Crippen LogP contribution < -0.4 is 0 Å². The second kappa shape index (κ2) is 4.82. The summed E-state index contributed by atoms with van der Waals surface area (Å²) in [5.41, 5.74) is -0.793. The zero-order valence-electron chi connectivity index (χ0n) is 10.2. The average Bonchev–Trinajstić information content (AvgIpc) is 3.03. The minimum absolute atomic E-state index is 0.00106. The Bertz CT molecular complexity index is 482. The standard InChI is InChI=1S/C13H17N3OS/c17-13(12-6-4-8-18-12)7-3-1-2-5-11(13)16-10-14-9-15-16/h4,6,8-11,17H,1-3,5,7H2/t11-,13-/m1/s1. The molecule has 18 heavy (non-hydrogen) atoms. The topological polar surface area (TPSA) is 50.9 Å². The predicted molar refractivity (Wildman–Crippen MR) is 70.4 cm³/mol. The van der Waals surface area contributed by atoms with Crippen LogP contribution in [-0.2, 0) is 5.60 Å². The molecular formula is C13H17N3OS. The van der Waals surface area contributed by atoms with Crippen LogP contribution in [0.3, 0.4) is 0 Å². The van der Waals surface area contributed by atoms with Gasteiger partial charge < -0.3 is 5.11 Å². The molecule has 1 N–H and O–H groups in total. The van der Waals surface area contributed by atoms with Crippen molar-refractivity contribution in [1.82, 2.24) is 14.8 Å². The fraction of sp³-hybridized carbons (Fsp3) is 0.538. The molecule has 0 aromatic carbocycles. The van der Waals surface area contributed by atoms with Gasteiger partial charge in [-0.1, -0.05) is 25.3 Å². The van der Waals surface area contributed by atoms with Gasteiger partial charge >= 0.3 is 0 Å². The lowest BCUT2D eigenvalue weighted by molar-refractivity contribution is -0.0253. The Hall–Kier alpha value is -1.20. The van der Waals surface area contributed by atoms with Crippen molar-refractivity contribution < 1.29 is 5.11 Å². The molecule has 4 nitrogen and oxygen atoms in total. The van der Waals surface area contributed by atoms with Crippen LogP contribution in [0.1, 0.15) is 43.0 Å². The second-order valence-corrected chi connectivity index (χ2v) is 5.84. The quantitative estimate of drug-likeness (QED) is 0.848. The molecule has 2 atom stereocenters. The lowest BCUT2D eigenvalue weighted by atomic mass is 9.88. The van der Waals surface area contributed by atoms with Gasteiger partial charge in [-0.05, 0) is 24.3 Å². The first-order valence-electron chi connectivity index (χ1n) is 6.41. The zero-order valence-corrected chi connectivity index (χ0v) is 11.0. The molecule has 96 valence electrons. The van der Waals surface area contributed by atoms with Crippen molar-refractivity contribution in [3.8, 4) is 0 Å². The number of nitrogens with zero attached hydrogens (tertiary/aromatic N) is 3. The van der Waals surface area contributed by atoms with Crippen molar-refractivity contribution in [1.29, 1.82) is 0 Å². The molecule has 0 saturated heterocycles. The summed E-state index contributed by atoms with van der Waals surface area (Å²) in [6.45, 7) is 0. The van der Waals surface area contributed by atoms with E-state index in [1.54, 1.807) is 24.0 Å². The Morgan fingerprint density at radius 2 is 2.33 bits per heavy atom. The van der Waals surface area contributed by atoms with Gasteiger partial charge in [-0.2, -0.15) is 5.10 Å². The van der Waals surface area contributed by atoms with Crippen LogP contribution in [0.15, 0.2) is 30.2 Å². The SMILES string of the molecule is O[C@]1(c2cccs2)CCCCC[C@H]1n1cncn1. The summed E-state index contributed by atoms with van der Waals surface area (Å²) in [5, 5.41) is 17.4. The summed E-state index contributed by atoms with van der Waals surface area (Å²) in [6.07, 6.45) is 8.40. The Labute approximate surface area is 110 Å². The number of rotatable bonds is 2. The summed E-state index contributed by atoms with van der Waals surface area (Å²) in [5.74, 6) is 0. The second-order valence-electron chi connectivity index (χ2n) is 4.89. The van der Waals surface area contributed by atoms with E-state index >= 15 is 0 Å². The number of aliphatic hydroxyl groups is 1. The molecule has 0 bridgehead atoms. The van der Waals surface area contributed by atoms with Crippen LogP contribution >= 0.6 is 11.3 Å². The molecule has 1 aliphatic carbocycles. The van der Waals surface area contributed by atoms with Gasteiger partial charge in [0.05, 0.1) is 6.04 Å². The Kier molecular flexibility index (Phi) is 3.18. The summed E-state index contributed by atoms with van der Waals surface area (Å²) in [7, 11) is 0. The first-order valence-corrected chi connectivity index (χ1v) is 7.29. The Balaban J connectivity index is 2.02. The van der Waals surface area contributed by atoms with Gasteiger partial charge in [-0.15, -0.1) is 11.3 Å². The third-order valence-electron chi connectivity index (χ3n) is 3.79. The van der Waals surface area contributed by atoms with E-state index < -0.39 is 5.60 Å². The number of thiophene rings is 1. The van der Waals surface area contributed by atoms with E-state index in [9.17, 15) is 5.11 Å². The number of hydrogen-bond donors (Lipinski definition) is 1. The molecule has 0 unspecified atom stereocenters. The summed E-state index contributed by atoms with van der Waals surface area (Å²) in [4.78, 5) is 5.07. The monoisotopic (exact) mass is 263 g/mol. The van der Waals surface area contributed by atoms with Gasteiger partial charge in [-0.3, -0.25) is 0 Å². The minimum atomic E-state index is -0.793. The normalized spacial score (nSPS) is 29.1. The molecule has 1 fully saturated rings. The van der Waals surface area contributed by atoms with Gasteiger partial charge in [0.15, 0.2) is 0 Å².